The third kappa shape index (κ3) is 2.41. The van der Waals surface area contributed by atoms with E-state index in [1.54, 1.807) is 7.11 Å². The highest BCUT2D eigenvalue weighted by atomic mass is 32.2. The molecule has 4 nitrogen and oxygen atoms in total. The number of ether oxygens (including phenoxy) is 1. The quantitative estimate of drug-likeness (QED) is 0.795. The monoisotopic (exact) mass is 247 g/mol. The van der Waals surface area contributed by atoms with Gasteiger partial charge >= 0.3 is 0 Å². The van der Waals surface area contributed by atoms with Gasteiger partial charge in [0.2, 0.25) is 0 Å². The van der Waals surface area contributed by atoms with Gasteiger partial charge in [0, 0.05) is 12.6 Å². The first-order valence-corrected chi connectivity index (χ1v) is 7.75. The van der Waals surface area contributed by atoms with E-state index < -0.39 is 9.84 Å². The van der Waals surface area contributed by atoms with Gasteiger partial charge in [-0.25, -0.2) is 8.42 Å². The summed E-state index contributed by atoms with van der Waals surface area (Å²) in [5.41, 5.74) is -0.0865. The van der Waals surface area contributed by atoms with Crippen LogP contribution in [0.2, 0.25) is 0 Å². The highest BCUT2D eigenvalue weighted by Gasteiger charge is 2.41. The van der Waals surface area contributed by atoms with Crippen molar-refractivity contribution in [3.05, 3.63) is 0 Å². The van der Waals surface area contributed by atoms with Crippen molar-refractivity contribution in [3.8, 4) is 0 Å². The van der Waals surface area contributed by atoms with Crippen LogP contribution in [0.4, 0.5) is 0 Å². The molecule has 5 heteroatoms. The number of methoxy groups -OCH3 is 1. The van der Waals surface area contributed by atoms with Gasteiger partial charge in [-0.2, -0.15) is 0 Å². The Balaban J connectivity index is 2.06. The van der Waals surface area contributed by atoms with Crippen LogP contribution < -0.4 is 5.32 Å². The molecule has 2 aliphatic rings. The number of sulfone groups is 1. The van der Waals surface area contributed by atoms with Crippen LogP contribution in [-0.4, -0.2) is 45.2 Å². The van der Waals surface area contributed by atoms with Crippen molar-refractivity contribution in [3.63, 3.8) is 0 Å². The molecule has 0 aromatic heterocycles. The first-order valence-electron chi connectivity index (χ1n) is 6.04. The fourth-order valence-corrected chi connectivity index (χ4v) is 5.03. The van der Waals surface area contributed by atoms with E-state index in [9.17, 15) is 8.42 Å². The van der Waals surface area contributed by atoms with Crippen LogP contribution in [0.25, 0.3) is 0 Å². The minimum Gasteiger partial charge on any atom is -0.383 e. The highest BCUT2D eigenvalue weighted by molar-refractivity contribution is 7.92. The lowest BCUT2D eigenvalue weighted by atomic mass is 9.91. The van der Waals surface area contributed by atoms with E-state index in [0.717, 1.165) is 38.6 Å². The minimum atomic E-state index is -2.83. The van der Waals surface area contributed by atoms with E-state index in [0.29, 0.717) is 12.4 Å². The molecule has 16 heavy (non-hydrogen) atoms. The summed E-state index contributed by atoms with van der Waals surface area (Å²) in [5.74, 6) is 0.376. The zero-order valence-electron chi connectivity index (χ0n) is 9.87. The zero-order valence-corrected chi connectivity index (χ0v) is 10.7. The molecule has 0 amide bonds. The van der Waals surface area contributed by atoms with Crippen LogP contribution in [0.3, 0.4) is 0 Å². The molecule has 2 saturated heterocycles. The van der Waals surface area contributed by atoms with Crippen molar-refractivity contribution in [1.29, 1.82) is 0 Å². The second-order valence-corrected chi connectivity index (χ2v) is 7.48. The third-order valence-corrected chi connectivity index (χ3v) is 6.11. The second kappa shape index (κ2) is 4.63. The Kier molecular flexibility index (Phi) is 3.56. The topological polar surface area (TPSA) is 55.4 Å². The van der Waals surface area contributed by atoms with E-state index in [1.165, 1.54) is 0 Å². The summed E-state index contributed by atoms with van der Waals surface area (Å²) >= 11 is 0. The molecule has 0 spiro atoms. The number of hydrogen-bond acceptors (Lipinski definition) is 4. The van der Waals surface area contributed by atoms with Crippen LogP contribution >= 0.6 is 0 Å². The summed E-state index contributed by atoms with van der Waals surface area (Å²) in [6, 6.07) is 0. The Labute approximate surface area is 97.7 Å². The Morgan fingerprint density at radius 3 is 2.75 bits per heavy atom. The van der Waals surface area contributed by atoms with Gasteiger partial charge in [-0.05, 0) is 38.6 Å². The maximum Gasteiger partial charge on any atom is 0.153 e. The standard InChI is InChI=1S/C11H21NO3S/c1-15-9-11(5-3-6-12-11)8-10-4-2-7-16(10,13)14/h10,12H,2-9H2,1H3. The Hall–Kier alpha value is -0.130. The largest absolute Gasteiger partial charge is 0.383 e. The smallest absolute Gasteiger partial charge is 0.153 e. The molecule has 0 bridgehead atoms. The average molecular weight is 247 g/mol. The van der Waals surface area contributed by atoms with Crippen LogP contribution in [0, 0.1) is 0 Å². The molecule has 0 saturated carbocycles. The van der Waals surface area contributed by atoms with E-state index in [-0.39, 0.29) is 10.8 Å². The van der Waals surface area contributed by atoms with Gasteiger partial charge in [0.05, 0.1) is 17.6 Å². The molecule has 94 valence electrons. The van der Waals surface area contributed by atoms with E-state index >= 15 is 0 Å². The van der Waals surface area contributed by atoms with E-state index in [4.69, 9.17) is 4.74 Å². The molecule has 2 fully saturated rings. The first-order chi connectivity index (χ1) is 7.58. The molecule has 0 aromatic carbocycles. The SMILES string of the molecule is COCC1(CC2CCCS2(=O)=O)CCCN1. The van der Waals surface area contributed by atoms with Gasteiger partial charge in [-0.15, -0.1) is 0 Å². The molecule has 1 N–H and O–H groups in total. The van der Waals surface area contributed by atoms with Gasteiger partial charge in [0.15, 0.2) is 9.84 Å². The molecular formula is C11H21NO3S. The van der Waals surface area contributed by atoms with Crippen LogP contribution in [-0.2, 0) is 14.6 Å². The van der Waals surface area contributed by atoms with Crippen LogP contribution in [0.15, 0.2) is 0 Å². The Bertz CT molecular complexity index is 333. The average Bonchev–Trinajstić information content (AvgIpc) is 2.77. The van der Waals surface area contributed by atoms with Crippen molar-refractivity contribution in [2.45, 2.75) is 42.9 Å². The fraction of sp³-hybridized carbons (Fsp3) is 1.00. The molecule has 2 heterocycles. The number of rotatable bonds is 4. The lowest BCUT2D eigenvalue weighted by molar-refractivity contribution is 0.114. The van der Waals surface area contributed by atoms with Crippen molar-refractivity contribution >= 4 is 9.84 Å². The predicted octanol–water partition coefficient (Wildman–Crippen LogP) is 0.722. The molecule has 2 atom stereocenters. The molecule has 0 aliphatic carbocycles. The second-order valence-electron chi connectivity index (χ2n) is 5.08. The maximum absolute atomic E-state index is 11.8. The highest BCUT2D eigenvalue weighted by Crippen LogP contribution is 2.32. The van der Waals surface area contributed by atoms with Crippen molar-refractivity contribution in [1.82, 2.24) is 5.32 Å². The van der Waals surface area contributed by atoms with Gasteiger partial charge < -0.3 is 10.1 Å². The molecule has 0 radical (unpaired) electrons. The van der Waals surface area contributed by atoms with E-state index in [1.807, 2.05) is 0 Å². The van der Waals surface area contributed by atoms with E-state index in [2.05, 4.69) is 5.32 Å². The summed E-state index contributed by atoms with van der Waals surface area (Å²) < 4.78 is 28.9. The number of nitrogens with one attached hydrogen (secondary N) is 1. The molecule has 2 aliphatic heterocycles. The summed E-state index contributed by atoms with van der Waals surface area (Å²) in [7, 11) is -1.14. The normalized spacial score (nSPS) is 37.9. The predicted molar refractivity (Wildman–Crippen MR) is 63.3 cm³/mol. The zero-order chi connectivity index (χ0) is 11.6. The summed E-state index contributed by atoms with van der Waals surface area (Å²) in [5, 5.41) is 3.30. The third-order valence-electron chi connectivity index (χ3n) is 3.83. The lowest BCUT2D eigenvalue weighted by Gasteiger charge is -2.31. The van der Waals surface area contributed by atoms with Crippen LogP contribution in [0.1, 0.15) is 32.1 Å². The maximum atomic E-state index is 11.8. The summed E-state index contributed by atoms with van der Waals surface area (Å²) in [4.78, 5) is 0. The summed E-state index contributed by atoms with van der Waals surface area (Å²) in [6.45, 7) is 1.61. The number of hydrogen-bond donors (Lipinski definition) is 1. The molecular weight excluding hydrogens is 226 g/mol. The Morgan fingerprint density at radius 2 is 2.25 bits per heavy atom. The van der Waals surface area contributed by atoms with Crippen molar-refractivity contribution in [2.24, 2.45) is 0 Å². The minimum absolute atomic E-state index is 0.0865. The van der Waals surface area contributed by atoms with Gasteiger partial charge in [0.1, 0.15) is 0 Å². The lowest BCUT2D eigenvalue weighted by Crippen LogP contribution is -2.47. The molecule has 2 unspecified atom stereocenters. The summed E-state index contributed by atoms with van der Waals surface area (Å²) in [6.07, 6.45) is 4.54. The van der Waals surface area contributed by atoms with Crippen molar-refractivity contribution < 1.29 is 13.2 Å². The van der Waals surface area contributed by atoms with Crippen LogP contribution in [0.5, 0.6) is 0 Å². The first kappa shape index (κ1) is 12.3. The van der Waals surface area contributed by atoms with Gasteiger partial charge in [-0.3, -0.25) is 0 Å². The van der Waals surface area contributed by atoms with Gasteiger partial charge in [0.25, 0.3) is 0 Å². The molecule has 0 aromatic rings. The molecule has 2 rings (SSSR count). The fourth-order valence-electron chi connectivity index (χ4n) is 3.02. The van der Waals surface area contributed by atoms with Gasteiger partial charge in [-0.1, -0.05) is 0 Å². The Morgan fingerprint density at radius 1 is 1.44 bits per heavy atom. The van der Waals surface area contributed by atoms with Crippen molar-refractivity contribution in [2.75, 3.05) is 26.0 Å².